The van der Waals surface area contributed by atoms with Crippen molar-refractivity contribution in [2.75, 3.05) is 11.9 Å². The van der Waals surface area contributed by atoms with Crippen LogP contribution in [0.15, 0.2) is 48.2 Å². The number of halogens is 1. The second-order valence-corrected chi connectivity index (χ2v) is 6.81. The van der Waals surface area contributed by atoms with Gasteiger partial charge in [0.15, 0.2) is 0 Å². The monoisotopic (exact) mass is 428 g/mol. The van der Waals surface area contributed by atoms with Crippen LogP contribution >= 0.6 is 11.6 Å². The predicted octanol–water partition coefficient (Wildman–Crippen LogP) is 3.34. The molecule has 30 heavy (non-hydrogen) atoms. The highest BCUT2D eigenvalue weighted by Gasteiger charge is 2.35. The van der Waals surface area contributed by atoms with E-state index in [9.17, 15) is 24.5 Å². The number of aryl methyl sites for hydroxylation is 1. The molecular weight excluding hydrogens is 412 g/mol. The summed E-state index contributed by atoms with van der Waals surface area (Å²) in [7, 11) is 0. The van der Waals surface area contributed by atoms with Crippen molar-refractivity contribution in [3.05, 3.63) is 74.4 Å². The fourth-order valence-electron chi connectivity index (χ4n) is 2.93. The van der Waals surface area contributed by atoms with Crippen molar-refractivity contribution in [1.29, 1.82) is 0 Å². The number of imide groups is 1. The maximum absolute atomic E-state index is 12.6. The van der Waals surface area contributed by atoms with Gasteiger partial charge in [0.2, 0.25) is 5.91 Å². The Kier molecular flexibility index (Phi) is 6.12. The lowest BCUT2D eigenvalue weighted by Gasteiger charge is -2.13. The van der Waals surface area contributed by atoms with Gasteiger partial charge in [0, 0.05) is 11.8 Å². The van der Waals surface area contributed by atoms with Crippen molar-refractivity contribution >= 4 is 46.9 Å². The smallest absolute Gasteiger partial charge is 0.324 e. The number of nitrogens with zero attached hydrogens (tertiary/aromatic N) is 2. The zero-order valence-electron chi connectivity index (χ0n) is 15.8. The molecule has 1 saturated heterocycles. The Morgan fingerprint density at radius 1 is 1.27 bits per heavy atom. The number of nitrogens with one attached hydrogen (secondary N) is 2. The van der Waals surface area contributed by atoms with Gasteiger partial charge in [0.25, 0.3) is 11.6 Å². The minimum atomic E-state index is -0.756. The van der Waals surface area contributed by atoms with E-state index in [2.05, 4.69) is 10.6 Å². The summed E-state index contributed by atoms with van der Waals surface area (Å²) < 4.78 is 0. The molecule has 1 aliphatic rings. The topological polar surface area (TPSA) is 122 Å². The largest absolute Gasteiger partial charge is 0.329 e. The number of carbonyl (C=O) groups is 3. The minimum absolute atomic E-state index is 0.0467. The lowest BCUT2D eigenvalue weighted by atomic mass is 10.1. The van der Waals surface area contributed by atoms with Gasteiger partial charge < -0.3 is 10.6 Å². The summed E-state index contributed by atoms with van der Waals surface area (Å²) in [5, 5.41) is 16.0. The molecule has 9 nitrogen and oxygen atoms in total. The van der Waals surface area contributed by atoms with Gasteiger partial charge in [0.1, 0.15) is 17.3 Å². The summed E-state index contributed by atoms with van der Waals surface area (Å²) in [5.41, 5.74) is 1.42. The molecule has 1 heterocycles. The van der Waals surface area contributed by atoms with Crippen LogP contribution in [-0.4, -0.2) is 34.2 Å². The third kappa shape index (κ3) is 4.47. The third-order valence-corrected chi connectivity index (χ3v) is 4.73. The van der Waals surface area contributed by atoms with Crippen molar-refractivity contribution < 1.29 is 19.3 Å². The lowest BCUT2D eigenvalue weighted by Crippen LogP contribution is -2.38. The summed E-state index contributed by atoms with van der Waals surface area (Å²) in [6.07, 6.45) is 1.99. The first-order chi connectivity index (χ1) is 14.3. The molecular formula is C20H17ClN4O5. The van der Waals surface area contributed by atoms with Gasteiger partial charge in [-0.2, -0.15) is 0 Å². The van der Waals surface area contributed by atoms with Gasteiger partial charge in [-0.05, 0) is 35.8 Å². The Bertz CT molecular complexity index is 1080. The first-order valence-corrected chi connectivity index (χ1v) is 9.34. The SMILES string of the molecule is CCc1ccccc1NC(=O)CN1C(=O)N/C(=C/c2ccc(Cl)c([N+](=O)[O-])c2)C1=O. The van der Waals surface area contributed by atoms with E-state index in [0.717, 1.165) is 10.5 Å². The summed E-state index contributed by atoms with van der Waals surface area (Å²) in [6, 6.07) is 10.5. The second kappa shape index (κ2) is 8.75. The number of para-hydroxylation sites is 1. The van der Waals surface area contributed by atoms with Crippen LogP contribution in [0.5, 0.6) is 0 Å². The highest BCUT2D eigenvalue weighted by Crippen LogP contribution is 2.26. The average Bonchev–Trinajstić information content (AvgIpc) is 2.97. The highest BCUT2D eigenvalue weighted by molar-refractivity contribution is 6.32. The molecule has 2 aromatic rings. The van der Waals surface area contributed by atoms with Gasteiger partial charge in [-0.1, -0.05) is 42.8 Å². The third-order valence-electron chi connectivity index (χ3n) is 4.41. The fourth-order valence-corrected chi connectivity index (χ4v) is 3.11. The van der Waals surface area contributed by atoms with Crippen LogP contribution in [0.1, 0.15) is 18.1 Å². The molecule has 2 N–H and O–H groups in total. The predicted molar refractivity (Wildman–Crippen MR) is 111 cm³/mol. The van der Waals surface area contributed by atoms with Crippen molar-refractivity contribution in [3.8, 4) is 0 Å². The van der Waals surface area contributed by atoms with Crippen molar-refractivity contribution in [3.63, 3.8) is 0 Å². The zero-order chi connectivity index (χ0) is 21.8. The Hall–Kier alpha value is -3.72. The molecule has 0 spiro atoms. The molecule has 2 aromatic carbocycles. The first kappa shape index (κ1) is 21.0. The number of urea groups is 1. The zero-order valence-corrected chi connectivity index (χ0v) is 16.6. The summed E-state index contributed by atoms with van der Waals surface area (Å²) in [6.45, 7) is 1.47. The van der Waals surface area contributed by atoms with Crippen LogP contribution in [-0.2, 0) is 16.0 Å². The normalized spacial score (nSPS) is 14.7. The molecule has 154 valence electrons. The molecule has 3 rings (SSSR count). The van der Waals surface area contributed by atoms with Gasteiger partial charge in [-0.15, -0.1) is 0 Å². The van der Waals surface area contributed by atoms with Gasteiger partial charge in [0.05, 0.1) is 4.92 Å². The second-order valence-electron chi connectivity index (χ2n) is 6.41. The Morgan fingerprint density at radius 3 is 2.70 bits per heavy atom. The van der Waals surface area contributed by atoms with Crippen LogP contribution in [0.4, 0.5) is 16.2 Å². The Morgan fingerprint density at radius 2 is 2.00 bits per heavy atom. The van der Waals surface area contributed by atoms with E-state index in [1.54, 1.807) is 12.1 Å². The molecule has 10 heteroatoms. The van der Waals surface area contributed by atoms with E-state index in [-0.39, 0.29) is 16.4 Å². The quantitative estimate of drug-likeness (QED) is 0.316. The molecule has 0 bridgehead atoms. The minimum Gasteiger partial charge on any atom is -0.324 e. The van der Waals surface area contributed by atoms with Crippen LogP contribution < -0.4 is 10.6 Å². The highest BCUT2D eigenvalue weighted by atomic mass is 35.5. The van der Waals surface area contributed by atoms with Gasteiger partial charge >= 0.3 is 6.03 Å². The number of nitro benzene ring substituents is 1. The Labute approximate surface area is 176 Å². The van der Waals surface area contributed by atoms with E-state index >= 15 is 0 Å². The number of carbonyl (C=O) groups excluding carboxylic acids is 3. The van der Waals surface area contributed by atoms with Crippen molar-refractivity contribution in [2.45, 2.75) is 13.3 Å². The number of benzene rings is 2. The number of amides is 4. The lowest BCUT2D eigenvalue weighted by molar-refractivity contribution is -0.384. The molecule has 0 unspecified atom stereocenters. The van der Waals surface area contributed by atoms with Crippen LogP contribution in [0.25, 0.3) is 6.08 Å². The van der Waals surface area contributed by atoms with Crippen LogP contribution in [0.2, 0.25) is 5.02 Å². The maximum atomic E-state index is 12.6. The van der Waals surface area contributed by atoms with E-state index in [4.69, 9.17) is 11.6 Å². The standard InChI is InChI=1S/C20H17ClN4O5/c1-2-13-5-3-4-6-15(13)22-18(26)11-24-19(27)16(23-20(24)28)9-12-7-8-14(21)17(10-12)25(29)30/h3-10H,2,11H2,1H3,(H,22,26)(H,23,28)/b16-9+. The molecule has 0 aliphatic carbocycles. The number of hydrogen-bond donors (Lipinski definition) is 2. The molecule has 0 aromatic heterocycles. The molecule has 0 radical (unpaired) electrons. The van der Waals surface area contributed by atoms with Crippen molar-refractivity contribution in [1.82, 2.24) is 10.2 Å². The molecule has 0 atom stereocenters. The van der Waals surface area contributed by atoms with E-state index in [1.165, 1.54) is 24.3 Å². The average molecular weight is 429 g/mol. The molecule has 0 saturated carbocycles. The molecule has 1 aliphatic heterocycles. The molecule has 4 amide bonds. The first-order valence-electron chi connectivity index (χ1n) is 8.96. The van der Waals surface area contributed by atoms with E-state index in [0.29, 0.717) is 17.7 Å². The van der Waals surface area contributed by atoms with Crippen LogP contribution in [0.3, 0.4) is 0 Å². The van der Waals surface area contributed by atoms with Crippen LogP contribution in [0, 0.1) is 10.1 Å². The summed E-state index contributed by atoms with van der Waals surface area (Å²) in [4.78, 5) is 48.2. The summed E-state index contributed by atoms with van der Waals surface area (Å²) in [5.74, 6) is -1.24. The number of nitro groups is 1. The maximum Gasteiger partial charge on any atom is 0.329 e. The van der Waals surface area contributed by atoms with E-state index < -0.39 is 29.3 Å². The fraction of sp³-hybridized carbons (Fsp3) is 0.150. The van der Waals surface area contributed by atoms with Gasteiger partial charge in [-0.25, -0.2) is 9.69 Å². The number of hydrogen-bond acceptors (Lipinski definition) is 5. The summed E-state index contributed by atoms with van der Waals surface area (Å²) >= 11 is 5.78. The number of rotatable bonds is 6. The Balaban J connectivity index is 1.75. The van der Waals surface area contributed by atoms with E-state index in [1.807, 2.05) is 19.1 Å². The van der Waals surface area contributed by atoms with Crippen molar-refractivity contribution in [2.24, 2.45) is 0 Å². The van der Waals surface area contributed by atoms with Gasteiger partial charge in [-0.3, -0.25) is 19.7 Å². The number of anilines is 1. The molecule has 1 fully saturated rings.